The average molecular weight is 517 g/mol. The summed E-state index contributed by atoms with van der Waals surface area (Å²) in [5.74, 6) is 1.83. The van der Waals surface area contributed by atoms with Gasteiger partial charge >= 0.3 is 6.09 Å². The molecule has 1 fully saturated rings. The minimum atomic E-state index is -0.961. The maximum absolute atomic E-state index is 11.2. The summed E-state index contributed by atoms with van der Waals surface area (Å²) in [7, 11) is 1.68. The number of ether oxygens (including phenoxy) is 1. The van der Waals surface area contributed by atoms with E-state index in [0.717, 1.165) is 71.8 Å². The fraction of sp³-hybridized carbons (Fsp3) is 0.414. The lowest BCUT2D eigenvalue weighted by molar-refractivity contribution is 0.160. The number of nitrogens with one attached hydrogen (secondary N) is 2. The van der Waals surface area contributed by atoms with E-state index in [1.807, 2.05) is 48.5 Å². The quantitative estimate of drug-likeness (QED) is 0.293. The standard InChI is InChI=1S/C29H36N6O3/c1-19(2)24(33-29(36)37)17-34-14-12-21(13-15-34)30-28-32-23-10-6-7-11-26(23)35(28)18-25-27(38-3)16-20-8-4-5-9-22(20)31-25/h4-11,16,19,21,24,33H,12-15,17-18H2,1-3H3,(H,30,32)(H,36,37). The van der Waals surface area contributed by atoms with Crippen LogP contribution in [0.3, 0.4) is 0 Å². The Bertz CT molecular complexity index is 1410. The minimum absolute atomic E-state index is 0.0781. The van der Waals surface area contributed by atoms with E-state index >= 15 is 0 Å². The summed E-state index contributed by atoms with van der Waals surface area (Å²) < 4.78 is 7.91. The summed E-state index contributed by atoms with van der Waals surface area (Å²) in [5.41, 5.74) is 3.78. The first kappa shape index (κ1) is 25.8. The van der Waals surface area contributed by atoms with Crippen molar-refractivity contribution in [1.29, 1.82) is 0 Å². The van der Waals surface area contributed by atoms with Gasteiger partial charge in [0, 0.05) is 37.1 Å². The second-order valence-corrected chi connectivity index (χ2v) is 10.4. The van der Waals surface area contributed by atoms with Crippen LogP contribution in [0.2, 0.25) is 0 Å². The molecule has 1 aliphatic rings. The molecule has 3 N–H and O–H groups in total. The average Bonchev–Trinajstić information content (AvgIpc) is 3.25. The molecule has 0 saturated carbocycles. The lowest BCUT2D eigenvalue weighted by Gasteiger charge is -2.35. The number of fused-ring (bicyclic) bond motifs is 2. The lowest BCUT2D eigenvalue weighted by atomic mass is 10.0. The molecule has 0 bridgehead atoms. The van der Waals surface area contributed by atoms with Gasteiger partial charge in [0.25, 0.3) is 0 Å². The first-order valence-electron chi connectivity index (χ1n) is 13.3. The van der Waals surface area contributed by atoms with Crippen LogP contribution in [0.1, 0.15) is 32.4 Å². The molecule has 200 valence electrons. The maximum Gasteiger partial charge on any atom is 0.404 e. The Morgan fingerprint density at radius 2 is 1.79 bits per heavy atom. The molecule has 38 heavy (non-hydrogen) atoms. The molecule has 1 amide bonds. The van der Waals surface area contributed by atoms with Crippen molar-refractivity contribution < 1.29 is 14.6 Å². The number of methoxy groups -OCH3 is 1. The van der Waals surface area contributed by atoms with Gasteiger partial charge in [-0.1, -0.05) is 44.2 Å². The molecule has 1 atom stereocenters. The van der Waals surface area contributed by atoms with Crippen LogP contribution in [0.25, 0.3) is 21.9 Å². The summed E-state index contributed by atoms with van der Waals surface area (Å²) >= 11 is 0. The molecule has 1 aliphatic heterocycles. The lowest BCUT2D eigenvalue weighted by Crippen LogP contribution is -2.49. The SMILES string of the molecule is COc1cc2ccccc2nc1Cn1c(NC2CCN(CC(NC(=O)O)C(C)C)CC2)nc2ccccc21. The van der Waals surface area contributed by atoms with Crippen LogP contribution in [0.15, 0.2) is 54.6 Å². The van der Waals surface area contributed by atoms with Gasteiger partial charge in [0.1, 0.15) is 11.4 Å². The number of piperidine rings is 1. The van der Waals surface area contributed by atoms with Gasteiger partial charge in [-0.3, -0.25) is 0 Å². The first-order valence-corrected chi connectivity index (χ1v) is 13.3. The largest absolute Gasteiger partial charge is 0.495 e. The van der Waals surface area contributed by atoms with E-state index in [9.17, 15) is 9.90 Å². The normalized spacial score (nSPS) is 15.7. The Hall–Kier alpha value is -3.85. The van der Waals surface area contributed by atoms with Crippen molar-refractivity contribution in [3.63, 3.8) is 0 Å². The Balaban J connectivity index is 1.34. The molecule has 9 nitrogen and oxygen atoms in total. The zero-order valence-corrected chi connectivity index (χ0v) is 22.2. The predicted octanol–water partition coefficient (Wildman–Crippen LogP) is 4.81. The van der Waals surface area contributed by atoms with Crippen LogP contribution in [0.4, 0.5) is 10.7 Å². The highest BCUT2D eigenvalue weighted by Crippen LogP contribution is 2.28. The number of anilines is 1. The van der Waals surface area contributed by atoms with Gasteiger partial charge in [0.2, 0.25) is 5.95 Å². The molecule has 1 unspecified atom stereocenters. The number of rotatable bonds is 9. The van der Waals surface area contributed by atoms with Gasteiger partial charge in [-0.05, 0) is 43.0 Å². The van der Waals surface area contributed by atoms with Gasteiger partial charge in [-0.15, -0.1) is 0 Å². The number of likely N-dealkylation sites (tertiary alicyclic amines) is 1. The molecule has 9 heteroatoms. The zero-order valence-electron chi connectivity index (χ0n) is 22.2. The monoisotopic (exact) mass is 516 g/mol. The van der Waals surface area contributed by atoms with Crippen molar-refractivity contribution in [1.82, 2.24) is 24.8 Å². The van der Waals surface area contributed by atoms with Crippen molar-refractivity contribution in [2.45, 2.75) is 45.3 Å². The predicted molar refractivity (Wildman–Crippen MR) is 150 cm³/mol. The molecule has 0 radical (unpaired) electrons. The molecule has 2 aromatic carbocycles. The van der Waals surface area contributed by atoms with Gasteiger partial charge in [0.05, 0.1) is 30.2 Å². The number of hydrogen-bond acceptors (Lipinski definition) is 6. The van der Waals surface area contributed by atoms with Crippen LogP contribution in [0.5, 0.6) is 5.75 Å². The summed E-state index contributed by atoms with van der Waals surface area (Å²) in [6.07, 6.45) is 0.953. The molecular formula is C29H36N6O3. The van der Waals surface area contributed by atoms with Crippen LogP contribution in [-0.2, 0) is 6.54 Å². The van der Waals surface area contributed by atoms with E-state index in [1.54, 1.807) is 7.11 Å². The number of nitrogens with zero attached hydrogens (tertiary/aromatic N) is 4. The molecule has 2 aromatic heterocycles. The summed E-state index contributed by atoms with van der Waals surface area (Å²) in [4.78, 5) is 23.4. The fourth-order valence-corrected chi connectivity index (χ4v) is 5.22. The number of amides is 1. The van der Waals surface area contributed by atoms with Crippen molar-refractivity contribution in [3.05, 3.63) is 60.3 Å². The first-order chi connectivity index (χ1) is 18.4. The number of carbonyl (C=O) groups is 1. The Morgan fingerprint density at radius 1 is 1.08 bits per heavy atom. The third-order valence-electron chi connectivity index (χ3n) is 7.43. The molecule has 3 heterocycles. The van der Waals surface area contributed by atoms with Crippen LogP contribution < -0.4 is 15.4 Å². The molecule has 0 spiro atoms. The third kappa shape index (κ3) is 5.67. The second kappa shape index (κ2) is 11.3. The van der Waals surface area contributed by atoms with Crippen molar-refractivity contribution >= 4 is 34.0 Å². The van der Waals surface area contributed by atoms with E-state index in [4.69, 9.17) is 14.7 Å². The van der Waals surface area contributed by atoms with E-state index in [1.165, 1.54) is 0 Å². The molecule has 4 aromatic rings. The highest BCUT2D eigenvalue weighted by molar-refractivity contribution is 5.81. The molecule has 1 saturated heterocycles. The number of aromatic nitrogens is 3. The number of benzene rings is 2. The topological polar surface area (TPSA) is 105 Å². The Labute approximate surface area is 222 Å². The summed E-state index contributed by atoms with van der Waals surface area (Å²) in [5, 5.41) is 16.6. The van der Waals surface area contributed by atoms with E-state index in [-0.39, 0.29) is 18.0 Å². The summed E-state index contributed by atoms with van der Waals surface area (Å²) in [6.45, 7) is 7.18. The number of carboxylic acid groups (broad SMARTS) is 1. The molecule has 5 rings (SSSR count). The number of hydrogen-bond donors (Lipinski definition) is 3. The molecular weight excluding hydrogens is 480 g/mol. The smallest absolute Gasteiger partial charge is 0.404 e. The van der Waals surface area contributed by atoms with Crippen molar-refractivity contribution in [2.24, 2.45) is 5.92 Å². The van der Waals surface area contributed by atoms with Gasteiger partial charge in [-0.25, -0.2) is 14.8 Å². The van der Waals surface area contributed by atoms with Gasteiger partial charge < -0.3 is 29.9 Å². The van der Waals surface area contributed by atoms with Gasteiger partial charge in [0.15, 0.2) is 0 Å². The Morgan fingerprint density at radius 3 is 2.50 bits per heavy atom. The van der Waals surface area contributed by atoms with E-state index < -0.39 is 6.09 Å². The summed E-state index contributed by atoms with van der Waals surface area (Å²) in [6, 6.07) is 18.5. The Kier molecular flexibility index (Phi) is 7.64. The van der Waals surface area contributed by atoms with Crippen molar-refractivity contribution in [2.75, 3.05) is 32.1 Å². The van der Waals surface area contributed by atoms with Crippen LogP contribution in [-0.4, -0.2) is 69.5 Å². The highest BCUT2D eigenvalue weighted by atomic mass is 16.5. The minimum Gasteiger partial charge on any atom is -0.495 e. The molecule has 0 aliphatic carbocycles. The third-order valence-corrected chi connectivity index (χ3v) is 7.43. The maximum atomic E-state index is 11.2. The number of imidazole rings is 1. The zero-order chi connectivity index (χ0) is 26.6. The highest BCUT2D eigenvalue weighted by Gasteiger charge is 2.25. The van der Waals surface area contributed by atoms with Crippen LogP contribution >= 0.6 is 0 Å². The van der Waals surface area contributed by atoms with Crippen LogP contribution in [0, 0.1) is 5.92 Å². The van der Waals surface area contributed by atoms with E-state index in [0.29, 0.717) is 6.54 Å². The fourth-order valence-electron chi connectivity index (χ4n) is 5.22. The van der Waals surface area contributed by atoms with Gasteiger partial charge in [-0.2, -0.15) is 0 Å². The van der Waals surface area contributed by atoms with Crippen molar-refractivity contribution in [3.8, 4) is 5.75 Å². The second-order valence-electron chi connectivity index (χ2n) is 10.4. The number of para-hydroxylation sites is 3. The number of pyridine rings is 1. The van der Waals surface area contributed by atoms with E-state index in [2.05, 4.69) is 40.0 Å².